The van der Waals surface area contributed by atoms with Gasteiger partial charge in [-0.25, -0.2) is 4.98 Å². The molecule has 1 N–H and O–H groups in total. The van der Waals surface area contributed by atoms with Crippen molar-refractivity contribution in [1.82, 2.24) is 15.0 Å². The van der Waals surface area contributed by atoms with Crippen LogP contribution in [0.3, 0.4) is 0 Å². The van der Waals surface area contributed by atoms with Gasteiger partial charge in [-0.05, 0) is 26.0 Å². The van der Waals surface area contributed by atoms with Gasteiger partial charge in [0.25, 0.3) is 0 Å². The summed E-state index contributed by atoms with van der Waals surface area (Å²) >= 11 is 1.67. The van der Waals surface area contributed by atoms with E-state index in [4.69, 9.17) is 0 Å². The number of aromatic amines is 1. The Morgan fingerprint density at radius 3 is 2.76 bits per heavy atom. The largest absolute Gasteiger partial charge is 0.333 e. The van der Waals surface area contributed by atoms with Gasteiger partial charge in [-0.3, -0.25) is 4.98 Å². The zero-order chi connectivity index (χ0) is 12.1. The van der Waals surface area contributed by atoms with Crippen LogP contribution in [0.25, 0.3) is 12.2 Å². The van der Waals surface area contributed by atoms with E-state index in [1.54, 1.807) is 11.8 Å². The highest BCUT2D eigenvalue weighted by molar-refractivity contribution is 7.98. The first-order valence-electron chi connectivity index (χ1n) is 5.55. The van der Waals surface area contributed by atoms with Crippen molar-refractivity contribution in [2.24, 2.45) is 0 Å². The Labute approximate surface area is 105 Å². The van der Waals surface area contributed by atoms with Crippen LogP contribution in [0.15, 0.2) is 29.6 Å². The van der Waals surface area contributed by atoms with Gasteiger partial charge in [0.1, 0.15) is 0 Å². The van der Waals surface area contributed by atoms with Crippen molar-refractivity contribution < 1.29 is 0 Å². The maximum absolute atomic E-state index is 4.51. The quantitative estimate of drug-likeness (QED) is 0.837. The van der Waals surface area contributed by atoms with Crippen LogP contribution in [0.5, 0.6) is 0 Å². The average Bonchev–Trinajstić information content (AvgIpc) is 2.80. The minimum atomic E-state index is 0.834. The molecule has 0 saturated carbocycles. The highest BCUT2D eigenvalue weighted by atomic mass is 32.2. The number of nitrogens with one attached hydrogen (secondary N) is 1. The van der Waals surface area contributed by atoms with E-state index in [1.807, 2.05) is 50.4 Å². The Balaban J connectivity index is 2.13. The molecule has 88 valence electrons. The SMILES string of the molecule is C/C=c1/nc(SCc2ccccn2)[nH]/c1=C/C. The smallest absolute Gasteiger partial charge is 0.166 e. The second kappa shape index (κ2) is 5.68. The van der Waals surface area contributed by atoms with Gasteiger partial charge in [-0.15, -0.1) is 0 Å². The molecule has 0 aliphatic carbocycles. The molecule has 2 rings (SSSR count). The lowest BCUT2D eigenvalue weighted by molar-refractivity contribution is 1.03. The Bertz CT molecular complexity index is 555. The van der Waals surface area contributed by atoms with Crippen LogP contribution in [-0.4, -0.2) is 15.0 Å². The third-order valence-corrected chi connectivity index (χ3v) is 3.29. The number of hydrogen-bond donors (Lipinski definition) is 1. The van der Waals surface area contributed by atoms with Gasteiger partial charge >= 0.3 is 0 Å². The minimum absolute atomic E-state index is 0.834. The van der Waals surface area contributed by atoms with Gasteiger partial charge in [0.15, 0.2) is 5.16 Å². The van der Waals surface area contributed by atoms with Gasteiger partial charge in [-0.1, -0.05) is 30.0 Å². The fourth-order valence-electron chi connectivity index (χ4n) is 1.51. The van der Waals surface area contributed by atoms with E-state index in [9.17, 15) is 0 Å². The molecule has 2 heterocycles. The molecule has 0 bridgehead atoms. The fourth-order valence-corrected chi connectivity index (χ4v) is 2.31. The zero-order valence-electron chi connectivity index (χ0n) is 9.97. The molecular weight excluding hydrogens is 230 g/mol. The van der Waals surface area contributed by atoms with E-state index in [2.05, 4.69) is 15.0 Å². The van der Waals surface area contributed by atoms with Crippen LogP contribution in [0, 0.1) is 0 Å². The maximum Gasteiger partial charge on any atom is 0.166 e. The second-order valence-electron chi connectivity index (χ2n) is 3.53. The lowest BCUT2D eigenvalue weighted by atomic mass is 10.4. The molecule has 4 heteroatoms. The number of thioether (sulfide) groups is 1. The predicted molar refractivity (Wildman–Crippen MR) is 71.9 cm³/mol. The van der Waals surface area contributed by atoms with Crippen molar-refractivity contribution in [2.75, 3.05) is 0 Å². The minimum Gasteiger partial charge on any atom is -0.333 e. The van der Waals surface area contributed by atoms with Crippen molar-refractivity contribution >= 4 is 23.9 Å². The zero-order valence-corrected chi connectivity index (χ0v) is 10.8. The van der Waals surface area contributed by atoms with Gasteiger partial charge in [-0.2, -0.15) is 0 Å². The van der Waals surface area contributed by atoms with Crippen LogP contribution in [0.2, 0.25) is 0 Å². The highest BCUT2D eigenvalue weighted by Crippen LogP contribution is 2.15. The average molecular weight is 245 g/mol. The van der Waals surface area contributed by atoms with E-state index < -0.39 is 0 Å². The number of imidazole rings is 1. The Kier molecular flexibility index (Phi) is 3.98. The summed E-state index contributed by atoms with van der Waals surface area (Å²) in [5.41, 5.74) is 1.07. The Morgan fingerprint density at radius 1 is 1.29 bits per heavy atom. The van der Waals surface area contributed by atoms with Crippen LogP contribution in [-0.2, 0) is 5.75 Å². The van der Waals surface area contributed by atoms with Crippen LogP contribution in [0.4, 0.5) is 0 Å². The first-order chi connectivity index (χ1) is 8.33. The molecule has 0 radical (unpaired) electrons. The van der Waals surface area contributed by atoms with Crippen molar-refractivity contribution in [3.05, 3.63) is 40.8 Å². The van der Waals surface area contributed by atoms with E-state index in [0.29, 0.717) is 0 Å². The molecule has 0 atom stereocenters. The standard InChI is InChI=1S/C13H15N3S/c1-3-11-12(4-2)16-13(15-11)17-9-10-7-5-6-8-14-10/h3-8H,9H2,1-2H3,(H,15,16)/b11-3+,12-4+. The molecule has 0 spiro atoms. The van der Waals surface area contributed by atoms with Crippen LogP contribution in [0.1, 0.15) is 19.5 Å². The molecule has 17 heavy (non-hydrogen) atoms. The topological polar surface area (TPSA) is 41.6 Å². The molecule has 3 nitrogen and oxygen atoms in total. The molecule has 0 aromatic carbocycles. The highest BCUT2D eigenvalue weighted by Gasteiger charge is 2.00. The third-order valence-electron chi connectivity index (χ3n) is 2.38. The molecule has 0 unspecified atom stereocenters. The number of aromatic nitrogens is 3. The first-order valence-corrected chi connectivity index (χ1v) is 6.53. The summed E-state index contributed by atoms with van der Waals surface area (Å²) in [6.07, 6.45) is 5.86. The fraction of sp³-hybridized carbons (Fsp3) is 0.231. The van der Waals surface area contributed by atoms with E-state index in [1.165, 1.54) is 0 Å². The first kappa shape index (κ1) is 11.9. The number of pyridine rings is 1. The molecule has 0 aliphatic rings. The monoisotopic (exact) mass is 245 g/mol. The maximum atomic E-state index is 4.51. The van der Waals surface area contributed by atoms with Crippen LogP contribution < -0.4 is 10.7 Å². The number of hydrogen-bond acceptors (Lipinski definition) is 3. The third kappa shape index (κ3) is 2.97. The van der Waals surface area contributed by atoms with Crippen molar-refractivity contribution in [3.63, 3.8) is 0 Å². The van der Waals surface area contributed by atoms with Gasteiger partial charge in [0.2, 0.25) is 0 Å². The van der Waals surface area contributed by atoms with Crippen molar-refractivity contribution in [1.29, 1.82) is 0 Å². The molecule has 2 aromatic rings. The van der Waals surface area contributed by atoms with Gasteiger partial charge < -0.3 is 4.98 Å². The predicted octanol–water partition coefficient (Wildman–Crippen LogP) is 1.70. The van der Waals surface area contributed by atoms with E-state index in [0.717, 1.165) is 27.3 Å². The molecule has 0 saturated heterocycles. The molecular formula is C13H15N3S. The van der Waals surface area contributed by atoms with Crippen molar-refractivity contribution in [2.45, 2.75) is 24.8 Å². The van der Waals surface area contributed by atoms with Gasteiger partial charge in [0.05, 0.1) is 16.4 Å². The summed E-state index contributed by atoms with van der Waals surface area (Å²) in [6.45, 7) is 4.00. The number of rotatable bonds is 3. The molecule has 2 aromatic heterocycles. The summed E-state index contributed by atoms with van der Waals surface area (Å²) in [5, 5.41) is 3.03. The Morgan fingerprint density at radius 2 is 2.18 bits per heavy atom. The molecule has 0 aliphatic heterocycles. The van der Waals surface area contributed by atoms with Crippen molar-refractivity contribution in [3.8, 4) is 0 Å². The normalized spacial score (nSPS) is 13.3. The lowest BCUT2D eigenvalue weighted by Gasteiger charge is -1.96. The number of H-pyrrole nitrogens is 1. The summed E-state index contributed by atoms with van der Waals surface area (Å²) in [6, 6.07) is 5.95. The lowest BCUT2D eigenvalue weighted by Crippen LogP contribution is -2.23. The van der Waals surface area contributed by atoms with Gasteiger partial charge in [0, 0.05) is 11.9 Å². The molecule has 0 fully saturated rings. The summed E-state index contributed by atoms with van der Waals surface area (Å²) in [4.78, 5) is 12.1. The summed E-state index contributed by atoms with van der Waals surface area (Å²) in [5.74, 6) is 0.834. The Hall–Kier alpha value is -1.55. The summed E-state index contributed by atoms with van der Waals surface area (Å²) < 4.78 is 0. The molecule has 0 amide bonds. The van der Waals surface area contributed by atoms with Crippen LogP contribution >= 0.6 is 11.8 Å². The van der Waals surface area contributed by atoms with E-state index in [-0.39, 0.29) is 0 Å². The number of nitrogens with zero attached hydrogens (tertiary/aromatic N) is 2. The second-order valence-corrected chi connectivity index (χ2v) is 4.49. The van der Waals surface area contributed by atoms with E-state index >= 15 is 0 Å². The summed E-state index contributed by atoms with van der Waals surface area (Å²) in [7, 11) is 0.